The van der Waals surface area contributed by atoms with Crippen LogP contribution in [-0.2, 0) is 23.3 Å². The Morgan fingerprint density at radius 1 is 1.26 bits per heavy atom. The fraction of sp³-hybridized carbons (Fsp3) is 0.667. The van der Waals surface area contributed by atoms with E-state index in [1.807, 2.05) is 0 Å². The number of nitrogen functional groups attached to an aromatic ring is 1. The lowest BCUT2D eigenvalue weighted by Gasteiger charge is -2.17. The number of aliphatic hydroxyl groups is 2. The summed E-state index contributed by atoms with van der Waals surface area (Å²) in [5.74, 6) is 0.751. The van der Waals surface area contributed by atoms with Gasteiger partial charge in [0.15, 0.2) is 29.1 Å². The second-order valence-corrected chi connectivity index (χ2v) is 9.16. The molecule has 2 aliphatic heterocycles. The van der Waals surface area contributed by atoms with Crippen LogP contribution in [0.2, 0.25) is 0 Å². The number of rotatable bonds is 8. The Bertz CT molecular complexity index is 968. The van der Waals surface area contributed by atoms with E-state index in [2.05, 4.69) is 19.5 Å². The number of nitrogens with two attached hydrogens (primary N) is 1. The van der Waals surface area contributed by atoms with E-state index in [1.54, 1.807) is 0 Å². The van der Waals surface area contributed by atoms with Crippen LogP contribution in [0.25, 0.3) is 11.2 Å². The van der Waals surface area contributed by atoms with Crippen molar-refractivity contribution in [3.05, 3.63) is 6.33 Å². The molecule has 14 nitrogen and oxygen atoms in total. The molecule has 6 N–H and O–H groups in total. The number of hydrogen-bond donors (Lipinski definition) is 5. The molecule has 2 aromatic heterocycles. The van der Waals surface area contributed by atoms with Crippen LogP contribution in [0.3, 0.4) is 0 Å². The number of aromatic nitrogens is 4. The van der Waals surface area contributed by atoms with Crippen LogP contribution >= 0.6 is 19.6 Å². The summed E-state index contributed by atoms with van der Waals surface area (Å²) in [4.78, 5) is 30.5. The highest BCUT2D eigenvalue weighted by molar-refractivity contribution is 7.99. The van der Waals surface area contributed by atoms with Crippen molar-refractivity contribution in [1.29, 1.82) is 0 Å². The van der Waals surface area contributed by atoms with E-state index in [0.717, 1.165) is 0 Å². The van der Waals surface area contributed by atoms with Crippen LogP contribution in [0, 0.1) is 0 Å². The zero-order chi connectivity index (χ0) is 22.2. The van der Waals surface area contributed by atoms with Crippen LogP contribution in [0.5, 0.6) is 0 Å². The van der Waals surface area contributed by atoms with Crippen molar-refractivity contribution in [3.8, 4) is 0 Å². The first-order valence-electron chi connectivity index (χ1n) is 9.30. The maximum atomic E-state index is 10.9. The van der Waals surface area contributed by atoms with Crippen LogP contribution in [0.15, 0.2) is 11.5 Å². The Balaban J connectivity index is 1.50. The smallest absolute Gasteiger partial charge is 0.387 e. The van der Waals surface area contributed by atoms with E-state index < -0.39 is 39.0 Å². The Labute approximate surface area is 179 Å². The number of phosphoric acid groups is 1. The Kier molecular flexibility index (Phi) is 6.79. The van der Waals surface area contributed by atoms with Gasteiger partial charge in [0.1, 0.15) is 23.8 Å². The molecule has 4 heterocycles. The molecule has 4 rings (SSSR count). The summed E-state index contributed by atoms with van der Waals surface area (Å²) in [6.07, 6.45) is -3.46. The van der Waals surface area contributed by atoms with Crippen molar-refractivity contribution in [2.24, 2.45) is 0 Å². The molecule has 2 fully saturated rings. The van der Waals surface area contributed by atoms with Gasteiger partial charge < -0.3 is 39.9 Å². The SMILES string of the molecule is Nc1nc(SCCC2OCCO2)nc2c1ncn2[C@@H]1O[C@H](COP(=O)(O)O)[C@@H](O)[C@H]1O. The summed E-state index contributed by atoms with van der Waals surface area (Å²) in [6.45, 7) is 0.522. The maximum Gasteiger partial charge on any atom is 0.469 e. The zero-order valence-electron chi connectivity index (χ0n) is 16.1. The van der Waals surface area contributed by atoms with Gasteiger partial charge in [0.2, 0.25) is 0 Å². The summed E-state index contributed by atoms with van der Waals surface area (Å²) in [6, 6.07) is 0. The molecule has 4 atom stereocenters. The molecule has 0 aliphatic carbocycles. The largest absolute Gasteiger partial charge is 0.469 e. The van der Waals surface area contributed by atoms with Gasteiger partial charge in [0, 0.05) is 12.2 Å². The molecule has 16 heteroatoms. The first kappa shape index (κ1) is 22.8. The topological polar surface area (TPSA) is 205 Å². The minimum atomic E-state index is -4.77. The van der Waals surface area contributed by atoms with Gasteiger partial charge in [0.05, 0.1) is 26.1 Å². The van der Waals surface area contributed by atoms with Gasteiger partial charge in [-0.2, -0.15) is 0 Å². The number of ether oxygens (including phenoxy) is 3. The third kappa shape index (κ3) is 5.17. The van der Waals surface area contributed by atoms with Gasteiger partial charge in [0.25, 0.3) is 0 Å². The molecule has 0 radical (unpaired) electrons. The minimum absolute atomic E-state index is 0.133. The highest BCUT2D eigenvalue weighted by atomic mass is 32.2. The summed E-state index contributed by atoms with van der Waals surface area (Å²) in [7, 11) is -4.77. The monoisotopic (exact) mass is 479 g/mol. The summed E-state index contributed by atoms with van der Waals surface area (Å²) < 4.78 is 33.0. The van der Waals surface area contributed by atoms with Gasteiger partial charge in [-0.15, -0.1) is 0 Å². The number of thioether (sulfide) groups is 1. The van der Waals surface area contributed by atoms with Crippen LogP contribution in [-0.4, -0.2) is 89.7 Å². The molecular weight excluding hydrogens is 457 g/mol. The summed E-state index contributed by atoms with van der Waals surface area (Å²) in [5, 5.41) is 21.0. The number of imidazole rings is 1. The number of phosphoric ester groups is 1. The molecule has 0 aromatic carbocycles. The molecule has 0 saturated carbocycles. The third-order valence-corrected chi connectivity index (χ3v) is 6.09. The molecule has 172 valence electrons. The number of hydrogen-bond acceptors (Lipinski definition) is 12. The lowest BCUT2D eigenvalue weighted by atomic mass is 10.1. The highest BCUT2D eigenvalue weighted by Crippen LogP contribution is 2.39. The van der Waals surface area contributed by atoms with Gasteiger partial charge in [-0.05, 0) is 0 Å². The molecular formula is C15H22N5O9PS. The maximum absolute atomic E-state index is 10.9. The van der Waals surface area contributed by atoms with E-state index in [-0.39, 0.29) is 23.3 Å². The minimum Gasteiger partial charge on any atom is -0.387 e. The summed E-state index contributed by atoms with van der Waals surface area (Å²) >= 11 is 1.34. The fourth-order valence-corrected chi connectivity index (χ4v) is 4.40. The second kappa shape index (κ2) is 9.23. The molecule has 2 saturated heterocycles. The summed E-state index contributed by atoms with van der Waals surface area (Å²) in [5.41, 5.74) is 6.56. The molecule has 31 heavy (non-hydrogen) atoms. The molecule has 0 unspecified atom stereocenters. The molecule has 2 aromatic rings. The average Bonchev–Trinajstić information content (AvgIpc) is 3.42. The Hall–Kier alpha value is -1.39. The number of nitrogens with zero attached hydrogens (tertiary/aromatic N) is 4. The standard InChI is InChI=1S/C15H22N5O9PS/c16-12-9-13(19-15(18-12)31-4-1-8-26-2-3-27-8)20(6-17-9)14-11(22)10(21)7(29-14)5-28-30(23,24)25/h6-8,10-11,14,21-22H,1-5H2,(H2,16,18,19)(H2,23,24,25)/t7-,10-,11-,14-/m1/s1. The van der Waals surface area contributed by atoms with Crippen molar-refractivity contribution in [1.82, 2.24) is 19.5 Å². The van der Waals surface area contributed by atoms with E-state index in [0.29, 0.717) is 30.5 Å². The lowest BCUT2D eigenvalue weighted by molar-refractivity contribution is -0.0504. The predicted molar refractivity (Wildman–Crippen MR) is 105 cm³/mol. The zero-order valence-corrected chi connectivity index (χ0v) is 17.8. The predicted octanol–water partition coefficient (Wildman–Crippen LogP) is -1.01. The second-order valence-electron chi connectivity index (χ2n) is 6.86. The van der Waals surface area contributed by atoms with Crippen molar-refractivity contribution in [3.63, 3.8) is 0 Å². The first-order chi connectivity index (χ1) is 14.7. The van der Waals surface area contributed by atoms with Gasteiger partial charge in [-0.25, -0.2) is 19.5 Å². The van der Waals surface area contributed by atoms with Crippen molar-refractivity contribution < 1.29 is 43.3 Å². The van der Waals surface area contributed by atoms with Gasteiger partial charge in [-0.3, -0.25) is 9.09 Å². The molecule has 2 aliphatic rings. The normalized spacial score (nSPS) is 27.5. The quantitative estimate of drug-likeness (QED) is 0.175. The van der Waals surface area contributed by atoms with Crippen LogP contribution in [0.1, 0.15) is 12.6 Å². The highest BCUT2D eigenvalue weighted by Gasteiger charge is 2.45. The van der Waals surface area contributed by atoms with Gasteiger partial charge in [-0.1, -0.05) is 11.8 Å². The average molecular weight is 479 g/mol. The van der Waals surface area contributed by atoms with Crippen molar-refractivity contribution in [2.45, 2.75) is 42.4 Å². The molecule has 0 spiro atoms. The van der Waals surface area contributed by atoms with Crippen LogP contribution < -0.4 is 5.73 Å². The Morgan fingerprint density at radius 2 is 2.00 bits per heavy atom. The third-order valence-electron chi connectivity index (χ3n) is 4.72. The van der Waals surface area contributed by atoms with Gasteiger partial charge >= 0.3 is 7.82 Å². The van der Waals surface area contributed by atoms with E-state index in [4.69, 9.17) is 29.7 Å². The molecule has 0 bridgehead atoms. The lowest BCUT2D eigenvalue weighted by Crippen LogP contribution is -2.33. The fourth-order valence-electron chi connectivity index (χ4n) is 3.26. The van der Waals surface area contributed by atoms with Crippen LogP contribution in [0.4, 0.5) is 5.82 Å². The number of aliphatic hydroxyl groups excluding tert-OH is 2. The van der Waals surface area contributed by atoms with E-state index >= 15 is 0 Å². The molecule has 0 amide bonds. The van der Waals surface area contributed by atoms with Crippen molar-refractivity contribution >= 4 is 36.6 Å². The number of anilines is 1. The number of fused-ring (bicyclic) bond motifs is 1. The van der Waals surface area contributed by atoms with E-state index in [1.165, 1.54) is 22.7 Å². The van der Waals surface area contributed by atoms with Crippen molar-refractivity contribution in [2.75, 3.05) is 31.3 Å². The first-order valence-corrected chi connectivity index (χ1v) is 11.8. The Morgan fingerprint density at radius 3 is 2.71 bits per heavy atom. The van der Waals surface area contributed by atoms with E-state index in [9.17, 15) is 14.8 Å².